The van der Waals surface area contributed by atoms with E-state index in [2.05, 4.69) is 53.7 Å². The summed E-state index contributed by atoms with van der Waals surface area (Å²) in [7, 11) is 4.12. The number of benzene rings is 1. The molecule has 0 saturated carbocycles. The first-order chi connectivity index (χ1) is 11.8. The third-order valence-electron chi connectivity index (χ3n) is 4.64. The minimum Gasteiger partial charge on any atom is -0.369 e. The van der Waals surface area contributed by atoms with Crippen LogP contribution in [-0.2, 0) is 13.6 Å². The van der Waals surface area contributed by atoms with Crippen molar-refractivity contribution in [1.82, 2.24) is 9.55 Å². The van der Waals surface area contributed by atoms with E-state index in [1.807, 2.05) is 20.0 Å². The van der Waals surface area contributed by atoms with E-state index in [1.54, 1.807) is 6.07 Å². The van der Waals surface area contributed by atoms with Gasteiger partial charge in [0, 0.05) is 37.7 Å². The Morgan fingerprint density at radius 3 is 2.60 bits per heavy atom. The highest BCUT2D eigenvalue weighted by Gasteiger charge is 2.14. The molecule has 3 aromatic rings. The molecule has 1 amide bonds. The SMILES string of the molecule is Cc1cc(C)c2c(CN(C)c3ccc(C(N)=O)nc3C)cn(C)c2c1. The van der Waals surface area contributed by atoms with E-state index in [0.29, 0.717) is 5.69 Å². The van der Waals surface area contributed by atoms with Crippen LogP contribution < -0.4 is 10.6 Å². The summed E-state index contributed by atoms with van der Waals surface area (Å²) >= 11 is 0. The average molecular weight is 336 g/mol. The zero-order chi connectivity index (χ0) is 18.3. The first-order valence-corrected chi connectivity index (χ1v) is 8.31. The summed E-state index contributed by atoms with van der Waals surface area (Å²) in [5.74, 6) is -0.502. The third-order valence-corrected chi connectivity index (χ3v) is 4.64. The second-order valence-corrected chi connectivity index (χ2v) is 6.76. The van der Waals surface area contributed by atoms with Gasteiger partial charge in [0.1, 0.15) is 5.69 Å². The van der Waals surface area contributed by atoms with E-state index in [-0.39, 0.29) is 0 Å². The predicted molar refractivity (Wildman–Crippen MR) is 102 cm³/mol. The number of aryl methyl sites for hydroxylation is 4. The Balaban J connectivity index is 1.98. The Morgan fingerprint density at radius 1 is 1.24 bits per heavy atom. The van der Waals surface area contributed by atoms with Crippen molar-refractivity contribution < 1.29 is 4.79 Å². The lowest BCUT2D eigenvalue weighted by molar-refractivity contribution is 0.0995. The number of amides is 1. The second-order valence-electron chi connectivity index (χ2n) is 6.76. The fraction of sp³-hybridized carbons (Fsp3) is 0.300. The number of hydrogen-bond acceptors (Lipinski definition) is 3. The number of anilines is 1. The molecule has 0 bridgehead atoms. The van der Waals surface area contributed by atoms with Crippen LogP contribution in [0.4, 0.5) is 5.69 Å². The molecule has 0 atom stereocenters. The molecule has 5 heteroatoms. The van der Waals surface area contributed by atoms with Crippen LogP contribution in [0.2, 0.25) is 0 Å². The van der Waals surface area contributed by atoms with Crippen molar-refractivity contribution in [3.8, 4) is 0 Å². The lowest BCUT2D eigenvalue weighted by Gasteiger charge is -2.21. The van der Waals surface area contributed by atoms with Crippen LogP contribution in [0.1, 0.15) is 32.9 Å². The Bertz CT molecular complexity index is 971. The van der Waals surface area contributed by atoms with E-state index in [4.69, 9.17) is 5.73 Å². The van der Waals surface area contributed by atoms with Crippen molar-refractivity contribution in [1.29, 1.82) is 0 Å². The van der Waals surface area contributed by atoms with E-state index in [9.17, 15) is 4.79 Å². The molecule has 0 spiro atoms. The van der Waals surface area contributed by atoms with Gasteiger partial charge < -0.3 is 15.2 Å². The van der Waals surface area contributed by atoms with Crippen molar-refractivity contribution >= 4 is 22.5 Å². The number of carbonyl (C=O) groups excluding carboxylic acids is 1. The molecule has 0 aliphatic heterocycles. The van der Waals surface area contributed by atoms with E-state index in [1.165, 1.54) is 27.6 Å². The minimum atomic E-state index is -0.502. The summed E-state index contributed by atoms with van der Waals surface area (Å²) in [6, 6.07) is 8.03. The molecule has 0 fully saturated rings. The molecule has 5 nitrogen and oxygen atoms in total. The summed E-state index contributed by atoms with van der Waals surface area (Å²) in [5.41, 5.74) is 12.5. The van der Waals surface area contributed by atoms with Gasteiger partial charge in [-0.2, -0.15) is 0 Å². The quantitative estimate of drug-likeness (QED) is 0.795. The number of fused-ring (bicyclic) bond motifs is 1. The lowest BCUT2D eigenvalue weighted by atomic mass is 10.0. The van der Waals surface area contributed by atoms with Crippen molar-refractivity contribution in [3.63, 3.8) is 0 Å². The molecule has 25 heavy (non-hydrogen) atoms. The number of pyridine rings is 1. The first-order valence-electron chi connectivity index (χ1n) is 8.31. The topological polar surface area (TPSA) is 64.2 Å². The maximum Gasteiger partial charge on any atom is 0.267 e. The Kier molecular flexibility index (Phi) is 4.25. The van der Waals surface area contributed by atoms with Crippen LogP contribution in [0, 0.1) is 20.8 Å². The average Bonchev–Trinajstić information content (AvgIpc) is 2.83. The molecule has 1 aromatic carbocycles. The number of carbonyl (C=O) groups is 1. The molecule has 2 N–H and O–H groups in total. The molecule has 0 unspecified atom stereocenters. The van der Waals surface area contributed by atoms with Gasteiger partial charge in [-0.1, -0.05) is 6.07 Å². The predicted octanol–water partition coefficient (Wildman–Crippen LogP) is 3.23. The zero-order valence-corrected chi connectivity index (χ0v) is 15.4. The molecule has 130 valence electrons. The van der Waals surface area contributed by atoms with Gasteiger partial charge in [0.2, 0.25) is 0 Å². The summed E-state index contributed by atoms with van der Waals surface area (Å²) in [5, 5.41) is 1.30. The number of rotatable bonds is 4. The van der Waals surface area contributed by atoms with Crippen molar-refractivity contribution in [2.24, 2.45) is 12.8 Å². The van der Waals surface area contributed by atoms with Gasteiger partial charge in [-0.15, -0.1) is 0 Å². The summed E-state index contributed by atoms with van der Waals surface area (Å²) in [6.45, 7) is 6.95. The molecular weight excluding hydrogens is 312 g/mol. The highest BCUT2D eigenvalue weighted by Crippen LogP contribution is 2.28. The number of aromatic nitrogens is 2. The van der Waals surface area contributed by atoms with Gasteiger partial charge in [-0.25, -0.2) is 4.98 Å². The highest BCUT2D eigenvalue weighted by atomic mass is 16.1. The standard InChI is InChI=1S/C20H24N4O/c1-12-8-13(2)19-15(11-24(5)18(19)9-12)10-23(4)17-7-6-16(20(21)25)22-14(17)3/h6-9,11H,10H2,1-5H3,(H2,21,25). The Labute approximate surface area is 148 Å². The van der Waals surface area contributed by atoms with Crippen LogP contribution in [0.25, 0.3) is 10.9 Å². The monoisotopic (exact) mass is 336 g/mol. The lowest BCUT2D eigenvalue weighted by Crippen LogP contribution is -2.19. The van der Waals surface area contributed by atoms with E-state index in [0.717, 1.165) is 17.9 Å². The molecular formula is C20H24N4O. The zero-order valence-electron chi connectivity index (χ0n) is 15.4. The molecule has 0 aliphatic rings. The van der Waals surface area contributed by atoms with Gasteiger partial charge >= 0.3 is 0 Å². The Morgan fingerprint density at radius 2 is 1.96 bits per heavy atom. The van der Waals surface area contributed by atoms with Crippen molar-refractivity contribution in [2.45, 2.75) is 27.3 Å². The number of hydrogen-bond donors (Lipinski definition) is 1. The van der Waals surface area contributed by atoms with Gasteiger partial charge in [-0.05, 0) is 55.7 Å². The minimum absolute atomic E-state index is 0.297. The molecule has 0 saturated heterocycles. The van der Waals surface area contributed by atoms with Gasteiger partial charge in [0.15, 0.2) is 0 Å². The number of primary amides is 1. The van der Waals surface area contributed by atoms with Crippen LogP contribution in [-0.4, -0.2) is 22.5 Å². The fourth-order valence-corrected chi connectivity index (χ4v) is 3.56. The Hall–Kier alpha value is -2.82. The van der Waals surface area contributed by atoms with E-state index < -0.39 is 5.91 Å². The van der Waals surface area contributed by atoms with Crippen LogP contribution in [0.3, 0.4) is 0 Å². The summed E-state index contributed by atoms with van der Waals surface area (Å²) in [6.07, 6.45) is 2.19. The molecule has 2 aromatic heterocycles. The summed E-state index contributed by atoms with van der Waals surface area (Å²) in [4.78, 5) is 17.7. The summed E-state index contributed by atoms with van der Waals surface area (Å²) < 4.78 is 2.18. The van der Waals surface area contributed by atoms with Crippen molar-refractivity contribution in [3.05, 3.63) is 58.5 Å². The van der Waals surface area contributed by atoms with Gasteiger partial charge in [0.25, 0.3) is 5.91 Å². The number of nitrogens with two attached hydrogens (primary N) is 1. The first kappa shape index (κ1) is 17.0. The smallest absolute Gasteiger partial charge is 0.267 e. The fourth-order valence-electron chi connectivity index (χ4n) is 3.56. The molecule has 0 aliphatic carbocycles. The normalized spacial score (nSPS) is 11.1. The number of nitrogens with zero attached hydrogens (tertiary/aromatic N) is 3. The molecule has 2 heterocycles. The largest absolute Gasteiger partial charge is 0.369 e. The van der Waals surface area contributed by atoms with E-state index >= 15 is 0 Å². The van der Waals surface area contributed by atoms with Crippen LogP contribution >= 0.6 is 0 Å². The molecule has 0 radical (unpaired) electrons. The van der Waals surface area contributed by atoms with Gasteiger partial charge in [0.05, 0.1) is 11.4 Å². The van der Waals surface area contributed by atoms with Crippen molar-refractivity contribution in [2.75, 3.05) is 11.9 Å². The van der Waals surface area contributed by atoms with Crippen LogP contribution in [0.5, 0.6) is 0 Å². The highest BCUT2D eigenvalue weighted by molar-refractivity contribution is 5.91. The third kappa shape index (κ3) is 3.09. The maximum atomic E-state index is 11.3. The maximum absolute atomic E-state index is 11.3. The van der Waals surface area contributed by atoms with Crippen LogP contribution in [0.15, 0.2) is 30.5 Å². The molecule has 3 rings (SSSR count). The second kappa shape index (κ2) is 6.24. The van der Waals surface area contributed by atoms with Gasteiger partial charge in [-0.3, -0.25) is 4.79 Å².